The van der Waals surface area contributed by atoms with Gasteiger partial charge in [-0.05, 0) is 38.3 Å². The van der Waals surface area contributed by atoms with Gasteiger partial charge in [-0.25, -0.2) is 0 Å². The standard InChI is InChI=1S/C16H19F3O2/c1-10-6-7-14(21-2)13(8-10)15(20)11-4-3-5-12(9-11)16(17,18)19/h6-8,11-12H,3-5,9H2,1-2H3. The van der Waals surface area contributed by atoms with Gasteiger partial charge in [0.05, 0.1) is 18.6 Å². The maximum Gasteiger partial charge on any atom is 0.391 e. The number of hydrogen-bond acceptors (Lipinski definition) is 2. The number of aryl methyl sites for hydroxylation is 1. The fraction of sp³-hybridized carbons (Fsp3) is 0.562. The molecular formula is C16H19F3O2. The highest BCUT2D eigenvalue weighted by molar-refractivity contribution is 6.00. The molecule has 1 aliphatic carbocycles. The Kier molecular flexibility index (Phi) is 4.59. The molecule has 0 heterocycles. The molecule has 0 aliphatic heterocycles. The first-order valence-electron chi connectivity index (χ1n) is 7.08. The van der Waals surface area contributed by atoms with E-state index in [0.717, 1.165) is 5.56 Å². The summed E-state index contributed by atoms with van der Waals surface area (Å²) < 4.78 is 43.7. The van der Waals surface area contributed by atoms with Gasteiger partial charge in [0.2, 0.25) is 0 Å². The van der Waals surface area contributed by atoms with Crippen molar-refractivity contribution in [1.82, 2.24) is 0 Å². The molecule has 0 amide bonds. The molecule has 0 saturated heterocycles. The molecule has 1 aromatic carbocycles. The molecule has 0 bridgehead atoms. The van der Waals surface area contributed by atoms with Crippen LogP contribution < -0.4 is 4.74 Å². The van der Waals surface area contributed by atoms with E-state index < -0.39 is 18.0 Å². The largest absolute Gasteiger partial charge is 0.496 e. The molecule has 1 fully saturated rings. The highest BCUT2D eigenvalue weighted by Gasteiger charge is 2.43. The van der Waals surface area contributed by atoms with Crippen molar-refractivity contribution in [1.29, 1.82) is 0 Å². The number of Topliss-reactive ketones (excluding diaryl/α,β-unsaturated/α-hetero) is 1. The van der Waals surface area contributed by atoms with E-state index in [1.165, 1.54) is 7.11 Å². The first-order valence-corrected chi connectivity index (χ1v) is 7.08. The van der Waals surface area contributed by atoms with Gasteiger partial charge in [0.15, 0.2) is 5.78 Å². The lowest BCUT2D eigenvalue weighted by atomic mass is 9.77. The molecule has 1 aromatic rings. The molecule has 0 radical (unpaired) electrons. The Morgan fingerprint density at radius 2 is 2.00 bits per heavy atom. The third-order valence-electron chi connectivity index (χ3n) is 4.13. The number of alkyl halides is 3. The van der Waals surface area contributed by atoms with Crippen molar-refractivity contribution in [3.8, 4) is 5.75 Å². The Morgan fingerprint density at radius 1 is 1.29 bits per heavy atom. The highest BCUT2D eigenvalue weighted by Crippen LogP contribution is 2.41. The van der Waals surface area contributed by atoms with Crippen molar-refractivity contribution in [3.05, 3.63) is 29.3 Å². The minimum atomic E-state index is -4.21. The number of benzene rings is 1. The zero-order chi connectivity index (χ0) is 15.6. The van der Waals surface area contributed by atoms with E-state index in [1.807, 2.05) is 13.0 Å². The summed E-state index contributed by atoms with van der Waals surface area (Å²) in [4.78, 5) is 12.6. The van der Waals surface area contributed by atoms with Crippen LogP contribution in [0, 0.1) is 18.8 Å². The topological polar surface area (TPSA) is 26.3 Å². The molecule has 2 nitrogen and oxygen atoms in total. The predicted molar refractivity (Wildman–Crippen MR) is 73.6 cm³/mol. The average molecular weight is 300 g/mol. The molecule has 5 heteroatoms. The first-order chi connectivity index (χ1) is 9.82. The van der Waals surface area contributed by atoms with Crippen LogP contribution in [0.15, 0.2) is 18.2 Å². The Labute approximate surface area is 122 Å². The number of carbonyl (C=O) groups excluding carboxylic acids is 1. The second-order valence-electron chi connectivity index (χ2n) is 5.67. The van der Waals surface area contributed by atoms with Crippen LogP contribution in [0.2, 0.25) is 0 Å². The molecule has 116 valence electrons. The Morgan fingerprint density at radius 3 is 2.62 bits per heavy atom. The van der Waals surface area contributed by atoms with Crippen molar-refractivity contribution in [3.63, 3.8) is 0 Å². The van der Waals surface area contributed by atoms with E-state index >= 15 is 0 Å². The summed E-state index contributed by atoms with van der Waals surface area (Å²) in [7, 11) is 1.46. The number of hydrogen-bond donors (Lipinski definition) is 0. The van der Waals surface area contributed by atoms with Gasteiger partial charge in [-0.15, -0.1) is 0 Å². The predicted octanol–water partition coefficient (Wildman–Crippen LogP) is 4.56. The van der Waals surface area contributed by atoms with Crippen LogP contribution in [0.5, 0.6) is 5.75 Å². The van der Waals surface area contributed by atoms with Crippen LogP contribution >= 0.6 is 0 Å². The summed E-state index contributed by atoms with van der Waals surface area (Å²) in [5.41, 5.74) is 1.28. The quantitative estimate of drug-likeness (QED) is 0.765. The van der Waals surface area contributed by atoms with Crippen LogP contribution in [-0.4, -0.2) is 19.1 Å². The molecule has 1 aliphatic rings. The summed E-state index contributed by atoms with van der Waals surface area (Å²) in [6.07, 6.45) is -3.25. The Balaban J connectivity index is 2.22. The number of ketones is 1. The van der Waals surface area contributed by atoms with Crippen LogP contribution in [-0.2, 0) is 0 Å². The van der Waals surface area contributed by atoms with E-state index in [9.17, 15) is 18.0 Å². The van der Waals surface area contributed by atoms with E-state index in [2.05, 4.69) is 0 Å². The lowest BCUT2D eigenvalue weighted by Crippen LogP contribution is -2.32. The summed E-state index contributed by atoms with van der Waals surface area (Å²) in [5, 5.41) is 0. The van der Waals surface area contributed by atoms with E-state index in [4.69, 9.17) is 4.74 Å². The van der Waals surface area contributed by atoms with Gasteiger partial charge in [0.25, 0.3) is 0 Å². The Hall–Kier alpha value is -1.52. The molecular weight excluding hydrogens is 281 g/mol. The lowest BCUT2D eigenvalue weighted by Gasteiger charge is -2.30. The molecule has 1 saturated carbocycles. The normalized spacial score (nSPS) is 22.9. The second kappa shape index (κ2) is 6.08. The van der Waals surface area contributed by atoms with Gasteiger partial charge in [0, 0.05) is 5.92 Å². The molecule has 0 aromatic heterocycles. The van der Waals surface area contributed by atoms with Gasteiger partial charge >= 0.3 is 6.18 Å². The first kappa shape index (κ1) is 15.9. The van der Waals surface area contributed by atoms with Gasteiger partial charge in [-0.3, -0.25) is 4.79 Å². The SMILES string of the molecule is COc1ccc(C)cc1C(=O)C1CCCC(C(F)(F)F)C1. The monoisotopic (exact) mass is 300 g/mol. The molecule has 0 N–H and O–H groups in total. The van der Waals surface area contributed by atoms with Gasteiger partial charge in [-0.2, -0.15) is 13.2 Å². The minimum absolute atomic E-state index is 0.112. The zero-order valence-electron chi connectivity index (χ0n) is 12.2. The maximum atomic E-state index is 12.9. The molecule has 21 heavy (non-hydrogen) atoms. The molecule has 2 atom stereocenters. The average Bonchev–Trinajstić information content (AvgIpc) is 2.45. The van der Waals surface area contributed by atoms with Crippen molar-refractivity contribution < 1.29 is 22.7 Å². The van der Waals surface area contributed by atoms with Crippen molar-refractivity contribution in [2.24, 2.45) is 11.8 Å². The van der Waals surface area contributed by atoms with Gasteiger partial charge in [-0.1, -0.05) is 18.1 Å². The Bertz CT molecular complexity index is 523. The van der Waals surface area contributed by atoms with Crippen molar-refractivity contribution in [2.45, 2.75) is 38.8 Å². The zero-order valence-corrected chi connectivity index (χ0v) is 12.2. The van der Waals surface area contributed by atoms with Crippen LogP contribution in [0.1, 0.15) is 41.6 Å². The van der Waals surface area contributed by atoms with Crippen LogP contribution in [0.3, 0.4) is 0 Å². The highest BCUT2D eigenvalue weighted by atomic mass is 19.4. The van der Waals surface area contributed by atoms with E-state index in [1.54, 1.807) is 12.1 Å². The van der Waals surface area contributed by atoms with Crippen LogP contribution in [0.25, 0.3) is 0 Å². The number of ether oxygens (including phenoxy) is 1. The summed E-state index contributed by atoms with van der Waals surface area (Å²) in [6, 6.07) is 5.19. The molecule has 2 unspecified atom stereocenters. The fourth-order valence-corrected chi connectivity index (χ4v) is 2.96. The number of methoxy groups -OCH3 is 1. The second-order valence-corrected chi connectivity index (χ2v) is 5.67. The minimum Gasteiger partial charge on any atom is -0.496 e. The number of rotatable bonds is 3. The van der Waals surface area contributed by atoms with Crippen LogP contribution in [0.4, 0.5) is 13.2 Å². The van der Waals surface area contributed by atoms with Gasteiger partial charge in [0.1, 0.15) is 5.75 Å². The third-order valence-corrected chi connectivity index (χ3v) is 4.13. The van der Waals surface area contributed by atoms with Crippen molar-refractivity contribution >= 4 is 5.78 Å². The molecule has 0 spiro atoms. The summed E-state index contributed by atoms with van der Waals surface area (Å²) in [5.74, 6) is -1.73. The smallest absolute Gasteiger partial charge is 0.391 e. The van der Waals surface area contributed by atoms with Crippen molar-refractivity contribution in [2.75, 3.05) is 7.11 Å². The number of halogens is 3. The fourth-order valence-electron chi connectivity index (χ4n) is 2.96. The van der Waals surface area contributed by atoms with E-state index in [0.29, 0.717) is 24.2 Å². The molecule has 2 rings (SSSR count). The third kappa shape index (κ3) is 3.57. The lowest BCUT2D eigenvalue weighted by molar-refractivity contribution is -0.184. The van der Waals surface area contributed by atoms with Gasteiger partial charge < -0.3 is 4.74 Å². The maximum absolute atomic E-state index is 12.9. The summed E-state index contributed by atoms with van der Waals surface area (Å²) in [6.45, 7) is 1.84. The summed E-state index contributed by atoms with van der Waals surface area (Å²) >= 11 is 0. The van der Waals surface area contributed by atoms with E-state index in [-0.39, 0.29) is 18.6 Å². The number of carbonyl (C=O) groups is 1.